The largest absolute Gasteiger partial charge is 0.311 e. The quantitative estimate of drug-likeness (QED) is 0.772. The number of aryl methyl sites for hydroxylation is 2. The van der Waals surface area contributed by atoms with Crippen molar-refractivity contribution >= 4 is 0 Å². The van der Waals surface area contributed by atoms with Crippen molar-refractivity contribution in [3.05, 3.63) is 47.5 Å². The Morgan fingerprint density at radius 1 is 1.11 bits per heavy atom. The molecule has 0 aliphatic rings. The van der Waals surface area contributed by atoms with E-state index in [1.165, 1.54) is 16.7 Å². The summed E-state index contributed by atoms with van der Waals surface area (Å²) in [6.07, 6.45) is 3.13. The second-order valence-electron chi connectivity index (χ2n) is 7.01. The molecule has 0 saturated carbocycles. The van der Waals surface area contributed by atoms with Crippen molar-refractivity contribution in [2.24, 2.45) is 5.41 Å². The van der Waals surface area contributed by atoms with E-state index in [2.05, 4.69) is 77.7 Å². The van der Waals surface area contributed by atoms with Crippen LogP contribution in [0.5, 0.6) is 0 Å². The first-order valence-corrected chi connectivity index (χ1v) is 7.11. The van der Waals surface area contributed by atoms with E-state index in [0.717, 1.165) is 13.0 Å². The van der Waals surface area contributed by atoms with Crippen molar-refractivity contribution in [1.82, 2.24) is 5.32 Å². The lowest BCUT2D eigenvalue weighted by atomic mass is 9.80. The van der Waals surface area contributed by atoms with Crippen molar-refractivity contribution in [3.63, 3.8) is 0 Å². The van der Waals surface area contributed by atoms with E-state index < -0.39 is 0 Å². The maximum absolute atomic E-state index is 4.05. The van der Waals surface area contributed by atoms with E-state index in [9.17, 15) is 0 Å². The zero-order valence-electron chi connectivity index (χ0n) is 13.4. The summed E-state index contributed by atoms with van der Waals surface area (Å²) in [5.74, 6) is 0. The van der Waals surface area contributed by atoms with Crippen LogP contribution in [0.15, 0.2) is 30.9 Å². The SMILES string of the molecule is C=CC(C)(CNC(C)(C)C)Cc1c(C)cccc1C. The Morgan fingerprint density at radius 2 is 1.63 bits per heavy atom. The van der Waals surface area contributed by atoms with E-state index in [1.54, 1.807) is 0 Å². The third-order valence-electron chi connectivity index (χ3n) is 3.74. The third-order valence-corrected chi connectivity index (χ3v) is 3.74. The van der Waals surface area contributed by atoms with E-state index in [-0.39, 0.29) is 11.0 Å². The monoisotopic (exact) mass is 259 g/mol. The molecule has 1 heteroatoms. The van der Waals surface area contributed by atoms with Gasteiger partial charge in [-0.2, -0.15) is 0 Å². The Morgan fingerprint density at radius 3 is 2.05 bits per heavy atom. The molecule has 19 heavy (non-hydrogen) atoms. The highest BCUT2D eigenvalue weighted by Gasteiger charge is 2.24. The van der Waals surface area contributed by atoms with E-state index in [1.807, 2.05) is 0 Å². The van der Waals surface area contributed by atoms with Crippen LogP contribution in [0.25, 0.3) is 0 Å². The van der Waals surface area contributed by atoms with Gasteiger partial charge in [-0.3, -0.25) is 0 Å². The number of nitrogens with one attached hydrogen (secondary N) is 1. The molecule has 1 N–H and O–H groups in total. The van der Waals surface area contributed by atoms with E-state index in [0.29, 0.717) is 0 Å². The van der Waals surface area contributed by atoms with Crippen LogP contribution in [0.2, 0.25) is 0 Å². The summed E-state index contributed by atoms with van der Waals surface area (Å²) in [5, 5.41) is 3.60. The summed E-state index contributed by atoms with van der Waals surface area (Å²) >= 11 is 0. The standard InChI is InChI=1S/C18H29N/c1-8-18(7,13-19-17(4,5)6)12-16-14(2)10-9-11-15(16)3/h8-11,19H,1,12-13H2,2-7H3. The minimum Gasteiger partial charge on any atom is -0.311 e. The summed E-state index contributed by atoms with van der Waals surface area (Å²) in [5.41, 5.74) is 4.45. The average Bonchev–Trinajstić information content (AvgIpc) is 2.31. The Balaban J connectivity index is 2.89. The van der Waals surface area contributed by atoms with Gasteiger partial charge in [-0.1, -0.05) is 31.2 Å². The van der Waals surface area contributed by atoms with Crippen LogP contribution in [0, 0.1) is 19.3 Å². The Kier molecular flexibility index (Phi) is 4.98. The molecule has 1 rings (SSSR count). The van der Waals surface area contributed by atoms with Gasteiger partial charge in [0.25, 0.3) is 0 Å². The van der Waals surface area contributed by atoms with Crippen LogP contribution in [0.1, 0.15) is 44.4 Å². The molecule has 1 nitrogen and oxygen atoms in total. The predicted molar refractivity (Wildman–Crippen MR) is 85.7 cm³/mol. The summed E-state index contributed by atoms with van der Waals surface area (Å²) in [7, 11) is 0. The minimum absolute atomic E-state index is 0.0875. The highest BCUT2D eigenvalue weighted by molar-refractivity contribution is 5.35. The maximum Gasteiger partial charge on any atom is 0.00968 e. The van der Waals surface area contributed by atoms with Crippen LogP contribution in [-0.2, 0) is 6.42 Å². The van der Waals surface area contributed by atoms with Crippen molar-refractivity contribution in [1.29, 1.82) is 0 Å². The van der Waals surface area contributed by atoms with Gasteiger partial charge in [-0.15, -0.1) is 6.58 Å². The smallest absolute Gasteiger partial charge is 0.00968 e. The molecule has 0 fully saturated rings. The summed E-state index contributed by atoms with van der Waals surface area (Å²) < 4.78 is 0. The summed E-state index contributed by atoms with van der Waals surface area (Å²) in [6.45, 7) is 18.3. The van der Waals surface area contributed by atoms with Gasteiger partial charge in [0.15, 0.2) is 0 Å². The third kappa shape index (κ3) is 4.83. The number of rotatable bonds is 5. The molecule has 0 saturated heterocycles. The van der Waals surface area contributed by atoms with Gasteiger partial charge in [-0.05, 0) is 57.7 Å². The lowest BCUT2D eigenvalue weighted by Crippen LogP contribution is -2.43. The Hall–Kier alpha value is -1.08. The van der Waals surface area contributed by atoms with E-state index >= 15 is 0 Å². The fraction of sp³-hybridized carbons (Fsp3) is 0.556. The van der Waals surface area contributed by atoms with Gasteiger partial charge in [0.2, 0.25) is 0 Å². The lowest BCUT2D eigenvalue weighted by Gasteiger charge is -2.32. The number of hydrogen-bond donors (Lipinski definition) is 1. The molecule has 1 unspecified atom stereocenters. The fourth-order valence-electron chi connectivity index (χ4n) is 2.21. The van der Waals surface area contributed by atoms with Crippen LogP contribution in [0.4, 0.5) is 0 Å². The topological polar surface area (TPSA) is 12.0 Å². The molecule has 1 aromatic rings. The van der Waals surface area contributed by atoms with Crippen molar-refractivity contribution in [2.45, 2.75) is 53.5 Å². The second-order valence-corrected chi connectivity index (χ2v) is 7.01. The molecule has 0 aliphatic heterocycles. The van der Waals surface area contributed by atoms with Gasteiger partial charge in [0, 0.05) is 17.5 Å². The van der Waals surface area contributed by atoms with E-state index in [4.69, 9.17) is 0 Å². The second kappa shape index (κ2) is 5.92. The first-order chi connectivity index (χ1) is 8.67. The molecule has 0 radical (unpaired) electrons. The minimum atomic E-state index is 0.0875. The molecular formula is C18H29N. The molecule has 0 heterocycles. The molecule has 0 bridgehead atoms. The van der Waals surface area contributed by atoms with Crippen LogP contribution >= 0.6 is 0 Å². The van der Waals surface area contributed by atoms with Gasteiger partial charge >= 0.3 is 0 Å². The van der Waals surface area contributed by atoms with Crippen molar-refractivity contribution in [3.8, 4) is 0 Å². The summed E-state index contributed by atoms with van der Waals surface area (Å²) in [4.78, 5) is 0. The zero-order valence-corrected chi connectivity index (χ0v) is 13.4. The molecular weight excluding hydrogens is 230 g/mol. The number of benzene rings is 1. The maximum atomic E-state index is 4.05. The first-order valence-electron chi connectivity index (χ1n) is 7.11. The van der Waals surface area contributed by atoms with Crippen molar-refractivity contribution < 1.29 is 0 Å². The summed E-state index contributed by atoms with van der Waals surface area (Å²) in [6, 6.07) is 6.53. The molecule has 1 aromatic carbocycles. The van der Waals surface area contributed by atoms with Gasteiger partial charge < -0.3 is 5.32 Å². The highest BCUT2D eigenvalue weighted by Crippen LogP contribution is 2.27. The normalized spacial score (nSPS) is 15.1. The predicted octanol–water partition coefficient (Wildman–Crippen LogP) is 4.43. The lowest BCUT2D eigenvalue weighted by molar-refractivity contribution is 0.322. The van der Waals surface area contributed by atoms with Gasteiger partial charge in [0.1, 0.15) is 0 Å². The van der Waals surface area contributed by atoms with Crippen LogP contribution < -0.4 is 5.32 Å². The van der Waals surface area contributed by atoms with Gasteiger partial charge in [-0.25, -0.2) is 0 Å². The molecule has 0 amide bonds. The average molecular weight is 259 g/mol. The fourth-order valence-corrected chi connectivity index (χ4v) is 2.21. The zero-order chi connectivity index (χ0) is 14.7. The van der Waals surface area contributed by atoms with Crippen LogP contribution in [-0.4, -0.2) is 12.1 Å². The molecule has 0 aromatic heterocycles. The first kappa shape index (κ1) is 16.0. The van der Waals surface area contributed by atoms with Gasteiger partial charge in [0.05, 0.1) is 0 Å². The molecule has 106 valence electrons. The number of hydrogen-bond acceptors (Lipinski definition) is 1. The van der Waals surface area contributed by atoms with Crippen LogP contribution in [0.3, 0.4) is 0 Å². The van der Waals surface area contributed by atoms with Crippen molar-refractivity contribution in [2.75, 3.05) is 6.54 Å². The molecule has 0 aliphatic carbocycles. The highest BCUT2D eigenvalue weighted by atomic mass is 15.0. The molecule has 0 spiro atoms. The Bertz CT molecular complexity index is 419. The molecule has 1 atom stereocenters. The Labute approximate surface area is 119 Å².